The van der Waals surface area contributed by atoms with Gasteiger partial charge in [0.2, 0.25) is 0 Å². The van der Waals surface area contributed by atoms with Crippen LogP contribution in [0.4, 0.5) is 5.69 Å². The molecule has 0 spiro atoms. The SMILES string of the molecule is CCc1nc2cc(N)ccc2n1CC1CCCO1. The summed E-state index contributed by atoms with van der Waals surface area (Å²) in [5, 5.41) is 0. The fourth-order valence-electron chi connectivity index (χ4n) is 2.66. The fraction of sp³-hybridized carbons (Fsp3) is 0.500. The second-order valence-electron chi connectivity index (χ2n) is 4.88. The number of imidazole rings is 1. The van der Waals surface area contributed by atoms with Gasteiger partial charge < -0.3 is 15.0 Å². The first-order valence-corrected chi connectivity index (χ1v) is 6.64. The number of nitrogens with two attached hydrogens (primary N) is 1. The molecule has 18 heavy (non-hydrogen) atoms. The third-order valence-electron chi connectivity index (χ3n) is 3.58. The molecule has 1 aromatic heterocycles. The first-order valence-electron chi connectivity index (χ1n) is 6.64. The van der Waals surface area contributed by atoms with Gasteiger partial charge in [-0.3, -0.25) is 0 Å². The van der Waals surface area contributed by atoms with Crippen LogP contribution >= 0.6 is 0 Å². The summed E-state index contributed by atoms with van der Waals surface area (Å²) in [6.07, 6.45) is 3.59. The highest BCUT2D eigenvalue weighted by Gasteiger charge is 2.19. The predicted molar refractivity (Wildman–Crippen MR) is 72.5 cm³/mol. The maximum Gasteiger partial charge on any atom is 0.109 e. The van der Waals surface area contributed by atoms with E-state index in [-0.39, 0.29) is 0 Å². The zero-order valence-corrected chi connectivity index (χ0v) is 10.7. The molecule has 1 unspecified atom stereocenters. The monoisotopic (exact) mass is 245 g/mol. The van der Waals surface area contributed by atoms with Gasteiger partial charge in [0.05, 0.1) is 23.7 Å². The third-order valence-corrected chi connectivity index (χ3v) is 3.58. The molecule has 2 heterocycles. The summed E-state index contributed by atoms with van der Waals surface area (Å²) in [6.45, 7) is 3.94. The van der Waals surface area contributed by atoms with Gasteiger partial charge in [-0.1, -0.05) is 6.92 Å². The lowest BCUT2D eigenvalue weighted by Crippen LogP contribution is -2.16. The molecular formula is C14H19N3O. The molecule has 4 heteroatoms. The molecule has 1 atom stereocenters. The first-order chi connectivity index (χ1) is 8.78. The molecule has 0 aliphatic carbocycles. The lowest BCUT2D eigenvalue weighted by Gasteiger charge is -2.13. The minimum Gasteiger partial charge on any atom is -0.399 e. The van der Waals surface area contributed by atoms with Crippen molar-refractivity contribution >= 4 is 16.7 Å². The molecule has 1 aromatic carbocycles. The van der Waals surface area contributed by atoms with Crippen molar-refractivity contribution in [1.82, 2.24) is 9.55 Å². The summed E-state index contributed by atoms with van der Waals surface area (Å²) in [5.74, 6) is 1.12. The van der Waals surface area contributed by atoms with Crippen molar-refractivity contribution in [3.8, 4) is 0 Å². The Hall–Kier alpha value is -1.55. The van der Waals surface area contributed by atoms with E-state index >= 15 is 0 Å². The topological polar surface area (TPSA) is 53.1 Å². The number of anilines is 1. The molecule has 1 fully saturated rings. The molecule has 0 saturated carbocycles. The van der Waals surface area contributed by atoms with Crippen LogP contribution in [0.2, 0.25) is 0 Å². The number of aromatic nitrogens is 2. The van der Waals surface area contributed by atoms with E-state index in [1.165, 1.54) is 6.42 Å². The second-order valence-corrected chi connectivity index (χ2v) is 4.88. The average molecular weight is 245 g/mol. The molecule has 4 nitrogen and oxygen atoms in total. The van der Waals surface area contributed by atoms with Gasteiger partial charge >= 0.3 is 0 Å². The number of nitrogens with zero attached hydrogens (tertiary/aromatic N) is 2. The number of hydrogen-bond donors (Lipinski definition) is 1. The van der Waals surface area contributed by atoms with E-state index in [0.29, 0.717) is 6.10 Å². The largest absolute Gasteiger partial charge is 0.399 e. The van der Waals surface area contributed by atoms with E-state index < -0.39 is 0 Å². The van der Waals surface area contributed by atoms with Gasteiger partial charge in [-0.05, 0) is 31.0 Å². The Labute approximate surface area is 107 Å². The summed E-state index contributed by atoms with van der Waals surface area (Å²) in [6, 6.07) is 5.95. The van der Waals surface area contributed by atoms with Crippen LogP contribution < -0.4 is 5.73 Å². The Morgan fingerprint density at radius 1 is 1.50 bits per heavy atom. The van der Waals surface area contributed by atoms with Crippen molar-refractivity contribution in [2.24, 2.45) is 0 Å². The van der Waals surface area contributed by atoms with Gasteiger partial charge in [0.1, 0.15) is 5.82 Å². The third kappa shape index (κ3) is 1.97. The minimum atomic E-state index is 0.338. The summed E-state index contributed by atoms with van der Waals surface area (Å²) < 4.78 is 8.01. The molecule has 0 radical (unpaired) electrons. The molecule has 0 amide bonds. The van der Waals surface area contributed by atoms with Crippen LogP contribution in [0.3, 0.4) is 0 Å². The lowest BCUT2D eigenvalue weighted by molar-refractivity contribution is 0.0972. The second kappa shape index (κ2) is 4.61. The highest BCUT2D eigenvalue weighted by atomic mass is 16.5. The number of aryl methyl sites for hydroxylation is 1. The summed E-state index contributed by atoms with van der Waals surface area (Å²) in [4.78, 5) is 4.66. The van der Waals surface area contributed by atoms with Gasteiger partial charge in [-0.2, -0.15) is 0 Å². The van der Waals surface area contributed by atoms with Crippen LogP contribution in [-0.2, 0) is 17.7 Å². The highest BCUT2D eigenvalue weighted by molar-refractivity contribution is 5.79. The first kappa shape index (κ1) is 11.5. The minimum absolute atomic E-state index is 0.338. The average Bonchev–Trinajstić information content (AvgIpc) is 2.97. The van der Waals surface area contributed by atoms with Crippen molar-refractivity contribution in [2.45, 2.75) is 38.8 Å². The lowest BCUT2D eigenvalue weighted by atomic mass is 10.2. The van der Waals surface area contributed by atoms with E-state index in [0.717, 1.165) is 48.5 Å². The number of fused-ring (bicyclic) bond motifs is 1. The Bertz CT molecular complexity index is 555. The van der Waals surface area contributed by atoms with Gasteiger partial charge in [-0.25, -0.2) is 4.98 Å². The highest BCUT2D eigenvalue weighted by Crippen LogP contribution is 2.22. The Kier molecular flexibility index (Phi) is 2.96. The number of hydrogen-bond acceptors (Lipinski definition) is 3. The molecule has 1 saturated heterocycles. The number of benzene rings is 1. The molecule has 1 aliphatic heterocycles. The van der Waals surface area contributed by atoms with Gasteiger partial charge in [0.15, 0.2) is 0 Å². The molecule has 3 rings (SSSR count). The van der Waals surface area contributed by atoms with Crippen molar-refractivity contribution in [2.75, 3.05) is 12.3 Å². The molecule has 2 N–H and O–H groups in total. The molecule has 96 valence electrons. The maximum absolute atomic E-state index is 5.81. The molecule has 1 aliphatic rings. The summed E-state index contributed by atoms with van der Waals surface area (Å²) >= 11 is 0. The number of nitrogen functional groups attached to an aromatic ring is 1. The van der Waals surface area contributed by atoms with Crippen molar-refractivity contribution in [1.29, 1.82) is 0 Å². The standard InChI is InChI=1S/C14H19N3O/c1-2-14-16-12-8-10(15)5-6-13(12)17(14)9-11-4-3-7-18-11/h5-6,8,11H,2-4,7,9,15H2,1H3. The Balaban J connectivity index is 2.01. The normalized spacial score (nSPS) is 19.7. The fourth-order valence-corrected chi connectivity index (χ4v) is 2.66. The molecular weight excluding hydrogens is 226 g/mol. The summed E-state index contributed by atoms with van der Waals surface area (Å²) in [7, 11) is 0. The number of rotatable bonds is 3. The van der Waals surface area contributed by atoms with Crippen LogP contribution in [0.15, 0.2) is 18.2 Å². The van der Waals surface area contributed by atoms with Crippen LogP contribution in [0.25, 0.3) is 11.0 Å². The van der Waals surface area contributed by atoms with Gasteiger partial charge in [-0.15, -0.1) is 0 Å². The maximum atomic E-state index is 5.81. The van der Waals surface area contributed by atoms with Crippen LogP contribution in [0.5, 0.6) is 0 Å². The zero-order valence-electron chi connectivity index (χ0n) is 10.7. The van der Waals surface area contributed by atoms with Crippen molar-refractivity contribution < 1.29 is 4.74 Å². The Morgan fingerprint density at radius 3 is 3.11 bits per heavy atom. The Morgan fingerprint density at radius 2 is 2.39 bits per heavy atom. The van der Waals surface area contributed by atoms with E-state index in [9.17, 15) is 0 Å². The van der Waals surface area contributed by atoms with E-state index in [1.807, 2.05) is 12.1 Å². The quantitative estimate of drug-likeness (QED) is 0.845. The molecule has 2 aromatic rings. The van der Waals surface area contributed by atoms with Crippen molar-refractivity contribution in [3.63, 3.8) is 0 Å². The van der Waals surface area contributed by atoms with Gasteiger partial charge in [0, 0.05) is 18.7 Å². The van der Waals surface area contributed by atoms with E-state index in [1.54, 1.807) is 0 Å². The van der Waals surface area contributed by atoms with Crippen LogP contribution in [-0.4, -0.2) is 22.3 Å². The molecule has 0 bridgehead atoms. The van der Waals surface area contributed by atoms with E-state index in [2.05, 4.69) is 22.5 Å². The van der Waals surface area contributed by atoms with E-state index in [4.69, 9.17) is 10.5 Å². The predicted octanol–water partition coefficient (Wildman–Crippen LogP) is 2.36. The van der Waals surface area contributed by atoms with Crippen LogP contribution in [0, 0.1) is 0 Å². The zero-order chi connectivity index (χ0) is 12.5. The van der Waals surface area contributed by atoms with Gasteiger partial charge in [0.25, 0.3) is 0 Å². The smallest absolute Gasteiger partial charge is 0.109 e. The van der Waals surface area contributed by atoms with Crippen LogP contribution in [0.1, 0.15) is 25.6 Å². The number of ether oxygens (including phenoxy) is 1. The summed E-state index contributed by atoms with van der Waals surface area (Å²) in [5.41, 5.74) is 8.74. The van der Waals surface area contributed by atoms with Crippen molar-refractivity contribution in [3.05, 3.63) is 24.0 Å².